The van der Waals surface area contributed by atoms with Crippen LogP contribution < -0.4 is 8.45 Å². The van der Waals surface area contributed by atoms with Crippen molar-refractivity contribution >= 4 is 25.7 Å². The molecule has 7 nitrogen and oxygen atoms in total. The van der Waals surface area contributed by atoms with Gasteiger partial charge in [-0.25, -0.2) is 16.8 Å². The Labute approximate surface area is 230 Å². The number of anilines is 1. The maximum Gasteiger partial charge on any atom is 0.248 e. The number of hydrogen-bond donors (Lipinski definition) is 0. The fraction of sp³-hybridized carbons (Fsp3) is 0.586. The topological polar surface area (TPSA) is 84.0 Å². The second kappa shape index (κ2) is 14.3. The number of sulfonamides is 2. The minimum Gasteiger partial charge on any atom is -0.457 e. The van der Waals surface area contributed by atoms with Crippen LogP contribution in [0.15, 0.2) is 42.5 Å². The summed E-state index contributed by atoms with van der Waals surface area (Å²) in [6.07, 6.45) is 7.30. The van der Waals surface area contributed by atoms with Crippen LogP contribution in [0.3, 0.4) is 0 Å². The Morgan fingerprint density at radius 2 is 1.39 bits per heavy atom. The van der Waals surface area contributed by atoms with Crippen LogP contribution in [0.1, 0.15) is 83.3 Å². The molecule has 0 aromatic heterocycles. The van der Waals surface area contributed by atoms with Crippen molar-refractivity contribution < 1.29 is 21.6 Å². The largest absolute Gasteiger partial charge is 0.457 e. The van der Waals surface area contributed by atoms with Crippen LogP contribution in [0.5, 0.6) is 11.5 Å². The Balaban J connectivity index is 1.82. The van der Waals surface area contributed by atoms with E-state index in [1.54, 1.807) is 12.1 Å². The Morgan fingerprint density at radius 3 is 1.97 bits per heavy atom. The van der Waals surface area contributed by atoms with Crippen molar-refractivity contribution in [3.05, 3.63) is 53.6 Å². The SMILES string of the molecule is CCCCCS(=O)(=O)N(c1ccc(Oc2cccc3c2CCN(CCCC)C3)cc1)S(=O)(=O)CCCCC. The average molecular weight is 565 g/mol. The van der Waals surface area contributed by atoms with Crippen molar-refractivity contribution in [1.29, 1.82) is 0 Å². The molecule has 1 aliphatic heterocycles. The molecule has 0 saturated carbocycles. The zero-order chi connectivity index (χ0) is 27.6. The second-order valence-corrected chi connectivity index (χ2v) is 14.2. The molecule has 2 aromatic carbocycles. The van der Waals surface area contributed by atoms with E-state index in [-0.39, 0.29) is 17.2 Å². The van der Waals surface area contributed by atoms with E-state index in [9.17, 15) is 16.8 Å². The van der Waals surface area contributed by atoms with Crippen molar-refractivity contribution in [2.24, 2.45) is 0 Å². The third-order valence-electron chi connectivity index (χ3n) is 6.92. The molecule has 2 aromatic rings. The predicted molar refractivity (Wildman–Crippen MR) is 156 cm³/mol. The van der Waals surface area contributed by atoms with E-state index in [1.807, 2.05) is 26.0 Å². The standard InChI is InChI=1S/C29H44N2O5S2/c1-4-7-10-22-37(32,33)31(38(34,35)23-11-8-5-2)26-15-17-27(18-16-26)36-29-14-12-13-25-24-30(20-9-6-3)21-19-28(25)29/h12-18H,4-11,19-24H2,1-3H3. The summed E-state index contributed by atoms with van der Waals surface area (Å²) in [6, 6.07) is 12.5. The molecule has 1 aliphatic rings. The predicted octanol–water partition coefficient (Wildman–Crippen LogP) is 6.48. The fourth-order valence-corrected chi connectivity index (χ4v) is 8.98. The monoisotopic (exact) mass is 564 g/mol. The molecular weight excluding hydrogens is 520 g/mol. The molecule has 0 fully saturated rings. The molecule has 1 heterocycles. The van der Waals surface area contributed by atoms with E-state index in [1.165, 1.54) is 36.1 Å². The first-order valence-corrected chi connectivity index (χ1v) is 17.3. The lowest BCUT2D eigenvalue weighted by molar-refractivity contribution is 0.248. The van der Waals surface area contributed by atoms with Crippen LogP contribution in [-0.4, -0.2) is 46.3 Å². The van der Waals surface area contributed by atoms with Gasteiger partial charge in [-0.05, 0) is 68.1 Å². The highest BCUT2D eigenvalue weighted by molar-refractivity contribution is 8.10. The highest BCUT2D eigenvalue weighted by atomic mass is 32.3. The lowest BCUT2D eigenvalue weighted by Crippen LogP contribution is -2.40. The summed E-state index contributed by atoms with van der Waals surface area (Å²) < 4.78 is 59.8. The van der Waals surface area contributed by atoms with Gasteiger partial charge < -0.3 is 4.74 Å². The van der Waals surface area contributed by atoms with Crippen molar-refractivity contribution in [1.82, 2.24) is 4.90 Å². The number of hydrogen-bond acceptors (Lipinski definition) is 6. The van der Waals surface area contributed by atoms with Crippen LogP contribution in [0.25, 0.3) is 0 Å². The summed E-state index contributed by atoms with van der Waals surface area (Å²) in [5, 5.41) is 0. The first-order chi connectivity index (χ1) is 18.2. The summed E-state index contributed by atoms with van der Waals surface area (Å²) in [7, 11) is -8.08. The van der Waals surface area contributed by atoms with Crippen molar-refractivity contribution in [2.45, 2.75) is 85.1 Å². The van der Waals surface area contributed by atoms with Gasteiger partial charge in [0.1, 0.15) is 11.5 Å². The van der Waals surface area contributed by atoms with Crippen molar-refractivity contribution in [3.63, 3.8) is 0 Å². The summed E-state index contributed by atoms with van der Waals surface area (Å²) in [4.78, 5) is 2.47. The number of ether oxygens (including phenoxy) is 1. The van der Waals surface area contributed by atoms with E-state index in [0.29, 0.717) is 22.3 Å². The van der Waals surface area contributed by atoms with Crippen LogP contribution >= 0.6 is 0 Å². The molecule has 9 heteroatoms. The van der Waals surface area contributed by atoms with Crippen LogP contribution in [0, 0.1) is 0 Å². The van der Waals surface area contributed by atoms with Gasteiger partial charge in [-0.2, -0.15) is 3.71 Å². The molecular formula is C29H44N2O5S2. The second-order valence-electron chi connectivity index (χ2n) is 10.1. The Bertz CT molecular complexity index is 1190. The lowest BCUT2D eigenvalue weighted by Gasteiger charge is -2.29. The maximum absolute atomic E-state index is 13.2. The number of fused-ring (bicyclic) bond motifs is 1. The van der Waals surface area contributed by atoms with Crippen LogP contribution in [0.2, 0.25) is 0 Å². The zero-order valence-corrected chi connectivity index (χ0v) is 24.8. The molecule has 0 radical (unpaired) electrons. The van der Waals surface area contributed by atoms with Crippen molar-refractivity contribution in [3.8, 4) is 11.5 Å². The first-order valence-electron chi connectivity index (χ1n) is 14.1. The molecule has 0 spiro atoms. The molecule has 0 aliphatic carbocycles. The highest BCUT2D eigenvalue weighted by Crippen LogP contribution is 2.33. The molecule has 0 atom stereocenters. The van der Waals surface area contributed by atoms with Gasteiger partial charge in [0.05, 0.1) is 17.2 Å². The minimum absolute atomic E-state index is 0.131. The fourth-order valence-electron chi connectivity index (χ4n) is 4.79. The van der Waals surface area contributed by atoms with E-state index >= 15 is 0 Å². The number of unbranched alkanes of at least 4 members (excludes halogenated alkanes) is 5. The first kappa shape index (κ1) is 30.4. The maximum atomic E-state index is 13.2. The van der Waals surface area contributed by atoms with E-state index in [0.717, 1.165) is 57.5 Å². The number of rotatable bonds is 16. The van der Waals surface area contributed by atoms with Gasteiger partial charge >= 0.3 is 0 Å². The summed E-state index contributed by atoms with van der Waals surface area (Å²) in [6.45, 7) is 9.17. The molecule has 0 bridgehead atoms. The smallest absolute Gasteiger partial charge is 0.248 e. The Hall–Kier alpha value is -2.10. The Kier molecular flexibility index (Phi) is 11.5. The van der Waals surface area contributed by atoms with Gasteiger partial charge in [0.15, 0.2) is 0 Å². The van der Waals surface area contributed by atoms with Gasteiger partial charge in [-0.3, -0.25) is 4.90 Å². The molecule has 0 N–H and O–H groups in total. The summed E-state index contributed by atoms with van der Waals surface area (Å²) in [5.74, 6) is 0.943. The molecule has 0 saturated heterocycles. The van der Waals surface area contributed by atoms with Gasteiger partial charge in [0, 0.05) is 18.7 Å². The Morgan fingerprint density at radius 1 is 0.789 bits per heavy atom. The third-order valence-corrected chi connectivity index (χ3v) is 11.3. The highest BCUT2D eigenvalue weighted by Gasteiger charge is 2.33. The number of benzene rings is 2. The molecule has 0 unspecified atom stereocenters. The molecule has 38 heavy (non-hydrogen) atoms. The average Bonchev–Trinajstić information content (AvgIpc) is 2.88. The third kappa shape index (κ3) is 8.20. The minimum atomic E-state index is -4.04. The van der Waals surface area contributed by atoms with Gasteiger partial charge in [-0.1, -0.05) is 65.0 Å². The van der Waals surface area contributed by atoms with Gasteiger partial charge in [0.2, 0.25) is 20.0 Å². The zero-order valence-electron chi connectivity index (χ0n) is 23.2. The number of nitrogens with zero attached hydrogens (tertiary/aromatic N) is 2. The van der Waals surface area contributed by atoms with Crippen LogP contribution in [-0.2, 0) is 33.0 Å². The normalized spacial score (nSPS) is 14.3. The van der Waals surface area contributed by atoms with Gasteiger partial charge in [-0.15, -0.1) is 0 Å². The summed E-state index contributed by atoms with van der Waals surface area (Å²) >= 11 is 0. The van der Waals surface area contributed by atoms with E-state index in [2.05, 4.69) is 17.9 Å². The van der Waals surface area contributed by atoms with E-state index < -0.39 is 20.0 Å². The van der Waals surface area contributed by atoms with E-state index in [4.69, 9.17) is 4.74 Å². The molecule has 3 rings (SSSR count). The van der Waals surface area contributed by atoms with Crippen LogP contribution in [0.4, 0.5) is 5.69 Å². The summed E-state index contributed by atoms with van der Waals surface area (Å²) in [5.41, 5.74) is 2.60. The molecule has 212 valence electrons. The quantitative estimate of drug-likeness (QED) is 0.217. The van der Waals surface area contributed by atoms with Crippen molar-refractivity contribution in [2.75, 3.05) is 28.3 Å². The van der Waals surface area contributed by atoms with Gasteiger partial charge in [0.25, 0.3) is 0 Å². The molecule has 0 amide bonds. The lowest BCUT2D eigenvalue weighted by atomic mass is 9.98.